The quantitative estimate of drug-likeness (QED) is 0.790. The lowest BCUT2D eigenvalue weighted by Gasteiger charge is -2.26. The van der Waals surface area contributed by atoms with Gasteiger partial charge in [0.2, 0.25) is 0 Å². The summed E-state index contributed by atoms with van der Waals surface area (Å²) in [6.45, 7) is 0. The summed E-state index contributed by atoms with van der Waals surface area (Å²) >= 11 is 3.17. The Morgan fingerprint density at radius 1 is 1.24 bits per heavy atom. The molecule has 0 aromatic heterocycles. The highest BCUT2D eigenvalue weighted by Gasteiger charge is 2.29. The molecule has 1 aliphatic carbocycles. The van der Waals surface area contributed by atoms with Gasteiger partial charge in [-0.05, 0) is 52.0 Å². The van der Waals surface area contributed by atoms with Gasteiger partial charge in [-0.1, -0.05) is 30.3 Å². The first-order valence-corrected chi connectivity index (χ1v) is 7.68. The Kier molecular flexibility index (Phi) is 3.81. The van der Waals surface area contributed by atoms with Crippen LogP contribution in [0.25, 0.3) is 0 Å². The molecule has 108 valence electrons. The van der Waals surface area contributed by atoms with Gasteiger partial charge >= 0.3 is 0 Å². The maximum atomic E-state index is 13.6. The molecule has 0 saturated carbocycles. The molecule has 1 unspecified atom stereocenters. The van der Waals surface area contributed by atoms with Crippen LogP contribution in [0.3, 0.4) is 0 Å². The third-order valence-corrected chi connectivity index (χ3v) is 4.88. The number of carbonyl (C=O) groups excluding carboxylic acids is 1. The van der Waals surface area contributed by atoms with E-state index in [2.05, 4.69) is 28.1 Å². The van der Waals surface area contributed by atoms with Crippen LogP contribution >= 0.6 is 15.9 Å². The lowest BCUT2D eigenvalue weighted by Crippen LogP contribution is -2.30. The molecular formula is C17H15BrFNO. The topological polar surface area (TPSA) is 20.3 Å². The number of hydrogen-bond donors (Lipinski definition) is 0. The summed E-state index contributed by atoms with van der Waals surface area (Å²) in [7, 11) is 1.78. The molecule has 0 aliphatic heterocycles. The third kappa shape index (κ3) is 2.48. The number of amides is 1. The number of carbonyl (C=O) groups is 1. The monoisotopic (exact) mass is 347 g/mol. The molecule has 0 heterocycles. The second-order valence-corrected chi connectivity index (χ2v) is 6.06. The molecule has 2 nitrogen and oxygen atoms in total. The number of rotatable bonds is 2. The van der Waals surface area contributed by atoms with E-state index in [9.17, 15) is 9.18 Å². The molecule has 1 aliphatic rings. The summed E-state index contributed by atoms with van der Waals surface area (Å²) in [4.78, 5) is 14.4. The van der Waals surface area contributed by atoms with Crippen LogP contribution in [0.15, 0.2) is 46.9 Å². The van der Waals surface area contributed by atoms with Gasteiger partial charge < -0.3 is 4.90 Å². The molecule has 0 N–H and O–H groups in total. The van der Waals surface area contributed by atoms with Gasteiger partial charge in [0.1, 0.15) is 5.82 Å². The number of aryl methyl sites for hydroxylation is 1. The van der Waals surface area contributed by atoms with E-state index in [0.717, 1.165) is 12.8 Å². The first-order chi connectivity index (χ1) is 10.1. The van der Waals surface area contributed by atoms with E-state index in [-0.39, 0.29) is 16.4 Å². The van der Waals surface area contributed by atoms with Crippen LogP contribution in [0, 0.1) is 5.82 Å². The predicted octanol–water partition coefficient (Wildman–Crippen LogP) is 4.35. The second kappa shape index (κ2) is 5.60. The van der Waals surface area contributed by atoms with Gasteiger partial charge in [0, 0.05) is 7.05 Å². The molecule has 21 heavy (non-hydrogen) atoms. The molecule has 0 saturated heterocycles. The number of hydrogen-bond acceptors (Lipinski definition) is 1. The zero-order chi connectivity index (χ0) is 15.0. The van der Waals surface area contributed by atoms with Gasteiger partial charge in [0.25, 0.3) is 5.91 Å². The molecule has 3 rings (SSSR count). The normalized spacial score (nSPS) is 16.6. The molecular weight excluding hydrogens is 333 g/mol. The minimum Gasteiger partial charge on any atom is -0.335 e. The summed E-state index contributed by atoms with van der Waals surface area (Å²) < 4.78 is 13.8. The van der Waals surface area contributed by atoms with Gasteiger partial charge in [-0.15, -0.1) is 0 Å². The number of nitrogens with zero attached hydrogens (tertiary/aromatic N) is 1. The van der Waals surface area contributed by atoms with E-state index in [1.165, 1.54) is 17.2 Å². The minimum atomic E-state index is -0.416. The van der Waals surface area contributed by atoms with Gasteiger partial charge in [0.05, 0.1) is 16.1 Å². The highest BCUT2D eigenvalue weighted by atomic mass is 79.9. The summed E-state index contributed by atoms with van der Waals surface area (Å²) in [5.74, 6) is -0.579. The van der Waals surface area contributed by atoms with Crippen molar-refractivity contribution in [1.29, 1.82) is 0 Å². The maximum Gasteiger partial charge on any atom is 0.255 e. The lowest BCUT2D eigenvalue weighted by atomic mass is 10.1. The summed E-state index contributed by atoms with van der Waals surface area (Å²) in [6.07, 6.45) is 1.89. The van der Waals surface area contributed by atoms with Crippen LogP contribution < -0.4 is 0 Å². The standard InChI is InChI=1S/C17H15BrFNO/c1-20(15-10-9-11-5-2-3-6-12(11)15)17(21)13-7-4-8-14(19)16(13)18/h2-8,15H,9-10H2,1H3. The van der Waals surface area contributed by atoms with Crippen molar-refractivity contribution < 1.29 is 9.18 Å². The van der Waals surface area contributed by atoms with E-state index in [1.54, 1.807) is 24.1 Å². The highest BCUT2D eigenvalue weighted by molar-refractivity contribution is 9.10. The number of benzene rings is 2. The zero-order valence-electron chi connectivity index (χ0n) is 11.6. The molecule has 1 atom stereocenters. The number of fused-ring (bicyclic) bond motifs is 1. The van der Waals surface area contributed by atoms with E-state index >= 15 is 0 Å². The molecule has 0 spiro atoms. The Morgan fingerprint density at radius 3 is 2.81 bits per heavy atom. The fourth-order valence-corrected chi connectivity index (χ4v) is 3.37. The molecule has 1 amide bonds. The Bertz CT molecular complexity index is 701. The van der Waals surface area contributed by atoms with Crippen LogP contribution in [0.4, 0.5) is 4.39 Å². The van der Waals surface area contributed by atoms with Gasteiger partial charge in [-0.25, -0.2) is 4.39 Å². The molecule has 0 radical (unpaired) electrons. The summed E-state index contributed by atoms with van der Waals surface area (Å²) in [6, 6.07) is 12.8. The SMILES string of the molecule is CN(C(=O)c1cccc(F)c1Br)C1CCc2ccccc21. The van der Waals surface area contributed by atoms with Crippen molar-refractivity contribution in [3.63, 3.8) is 0 Å². The van der Waals surface area contributed by atoms with E-state index in [1.807, 2.05) is 12.1 Å². The van der Waals surface area contributed by atoms with Crippen LogP contribution in [0.1, 0.15) is 33.9 Å². The maximum absolute atomic E-state index is 13.6. The largest absolute Gasteiger partial charge is 0.335 e. The summed E-state index contributed by atoms with van der Waals surface area (Å²) in [5.41, 5.74) is 2.85. The van der Waals surface area contributed by atoms with Crippen molar-refractivity contribution in [3.8, 4) is 0 Å². The molecule has 0 bridgehead atoms. The average Bonchev–Trinajstić information content (AvgIpc) is 2.92. The Hall–Kier alpha value is -1.68. The van der Waals surface area contributed by atoms with Crippen LogP contribution in [0.2, 0.25) is 0 Å². The predicted molar refractivity (Wildman–Crippen MR) is 83.7 cm³/mol. The van der Waals surface area contributed by atoms with E-state index in [0.29, 0.717) is 5.56 Å². The van der Waals surface area contributed by atoms with Gasteiger partial charge in [-0.2, -0.15) is 0 Å². The van der Waals surface area contributed by atoms with Crippen molar-refractivity contribution in [2.24, 2.45) is 0 Å². The summed E-state index contributed by atoms with van der Waals surface area (Å²) in [5, 5.41) is 0. The smallest absolute Gasteiger partial charge is 0.255 e. The molecule has 4 heteroatoms. The van der Waals surface area contributed by atoms with Crippen molar-refractivity contribution in [2.75, 3.05) is 7.05 Å². The Labute approximate surface area is 131 Å². The lowest BCUT2D eigenvalue weighted by molar-refractivity contribution is 0.0729. The van der Waals surface area contributed by atoms with Crippen LogP contribution in [0.5, 0.6) is 0 Å². The third-order valence-electron chi connectivity index (χ3n) is 4.07. The van der Waals surface area contributed by atoms with Gasteiger partial charge in [0.15, 0.2) is 0 Å². The first kappa shape index (κ1) is 14.3. The van der Waals surface area contributed by atoms with E-state index < -0.39 is 5.82 Å². The minimum absolute atomic E-state index is 0.0591. The molecule has 2 aromatic carbocycles. The first-order valence-electron chi connectivity index (χ1n) is 6.88. The van der Waals surface area contributed by atoms with Crippen molar-refractivity contribution >= 4 is 21.8 Å². The fourth-order valence-electron chi connectivity index (χ4n) is 2.94. The van der Waals surface area contributed by atoms with Crippen LogP contribution in [-0.4, -0.2) is 17.9 Å². The van der Waals surface area contributed by atoms with Crippen molar-refractivity contribution in [1.82, 2.24) is 4.90 Å². The van der Waals surface area contributed by atoms with Crippen molar-refractivity contribution in [3.05, 3.63) is 69.4 Å². The Morgan fingerprint density at radius 2 is 2.00 bits per heavy atom. The molecule has 2 aromatic rings. The zero-order valence-corrected chi connectivity index (χ0v) is 13.2. The highest BCUT2D eigenvalue weighted by Crippen LogP contribution is 2.36. The second-order valence-electron chi connectivity index (χ2n) is 5.27. The molecule has 0 fully saturated rings. The van der Waals surface area contributed by atoms with E-state index in [4.69, 9.17) is 0 Å². The number of halogens is 2. The average molecular weight is 348 g/mol. The van der Waals surface area contributed by atoms with Gasteiger partial charge in [-0.3, -0.25) is 4.79 Å². The van der Waals surface area contributed by atoms with Crippen LogP contribution in [-0.2, 0) is 6.42 Å². The fraction of sp³-hybridized carbons (Fsp3) is 0.235. The van der Waals surface area contributed by atoms with Crippen molar-refractivity contribution in [2.45, 2.75) is 18.9 Å². The Balaban J connectivity index is 1.91.